The number of phosphoric acid groups is 1. The van der Waals surface area contributed by atoms with E-state index in [1.165, 1.54) is 12.8 Å². The second-order valence-corrected chi connectivity index (χ2v) is 8.65. The first-order valence-corrected chi connectivity index (χ1v) is 11.2. The highest BCUT2D eigenvalue weighted by Crippen LogP contribution is 2.51. The third kappa shape index (κ3) is 6.90. The summed E-state index contributed by atoms with van der Waals surface area (Å²) in [6.07, 6.45) is 5.88. The predicted octanol–water partition coefficient (Wildman–Crippen LogP) is 6.04. The molecule has 0 heterocycles. The predicted molar refractivity (Wildman–Crippen MR) is 109 cm³/mol. The molecule has 2 N–H and O–H groups in total. The van der Waals surface area contributed by atoms with Crippen molar-refractivity contribution >= 4 is 7.82 Å². The minimum Gasteiger partial charge on any atom is -0.303 e. The number of unbranched alkanes of at least 4 members (excludes halogenated alkanes) is 3. The molecule has 0 spiro atoms. The van der Waals surface area contributed by atoms with Crippen LogP contribution in [0.1, 0.15) is 63.5 Å². The first kappa shape index (κ1) is 21.8. The molecule has 0 amide bonds. The van der Waals surface area contributed by atoms with Gasteiger partial charge in [-0.15, -0.1) is 0 Å². The van der Waals surface area contributed by atoms with Gasteiger partial charge >= 0.3 is 7.82 Å². The van der Waals surface area contributed by atoms with E-state index in [-0.39, 0.29) is 0 Å². The molecule has 0 radical (unpaired) electrons. The van der Waals surface area contributed by atoms with E-state index >= 15 is 0 Å². The smallest absolute Gasteiger partial charge is 0.303 e. The maximum Gasteiger partial charge on any atom is 0.470 e. The summed E-state index contributed by atoms with van der Waals surface area (Å²) in [5, 5.41) is 0. The van der Waals surface area contributed by atoms with Gasteiger partial charge in [0.2, 0.25) is 0 Å². The van der Waals surface area contributed by atoms with Crippen molar-refractivity contribution in [2.45, 2.75) is 58.0 Å². The fourth-order valence-corrected chi connectivity index (χ4v) is 4.21. The fourth-order valence-electron chi connectivity index (χ4n) is 3.50. The summed E-state index contributed by atoms with van der Waals surface area (Å²) >= 11 is 0. The van der Waals surface area contributed by atoms with Crippen molar-refractivity contribution in [1.29, 1.82) is 0 Å². The molecule has 27 heavy (non-hydrogen) atoms. The van der Waals surface area contributed by atoms with Gasteiger partial charge in [-0.1, -0.05) is 100 Å². The zero-order valence-electron chi connectivity index (χ0n) is 16.3. The van der Waals surface area contributed by atoms with Crippen molar-refractivity contribution in [2.75, 3.05) is 0 Å². The second kappa shape index (κ2) is 10.2. The lowest BCUT2D eigenvalue weighted by Crippen LogP contribution is -2.30. The summed E-state index contributed by atoms with van der Waals surface area (Å²) in [5.41, 5.74) is 0.378. The molecule has 0 unspecified atom stereocenters. The monoisotopic (exact) mass is 390 g/mol. The lowest BCUT2D eigenvalue weighted by molar-refractivity contribution is 0.0551. The van der Waals surface area contributed by atoms with Crippen LogP contribution in [0.5, 0.6) is 0 Å². The molecular formula is C22H31O4P. The SMILES string of the molecule is CC(C)CCCCCCC(OP(=O)(O)O)(c1ccccc1)c1ccccc1. The fraction of sp³-hybridized carbons (Fsp3) is 0.455. The third-order valence-corrected chi connectivity index (χ3v) is 5.36. The van der Waals surface area contributed by atoms with Crippen LogP contribution in [-0.4, -0.2) is 9.79 Å². The van der Waals surface area contributed by atoms with Gasteiger partial charge < -0.3 is 9.79 Å². The van der Waals surface area contributed by atoms with Crippen LogP contribution in [0, 0.1) is 5.92 Å². The third-order valence-electron chi connectivity index (χ3n) is 4.82. The molecule has 0 saturated heterocycles. The van der Waals surface area contributed by atoms with Gasteiger partial charge in [-0.05, 0) is 29.9 Å². The van der Waals surface area contributed by atoms with E-state index in [9.17, 15) is 14.4 Å². The lowest BCUT2D eigenvalue weighted by Gasteiger charge is -2.35. The largest absolute Gasteiger partial charge is 0.470 e. The summed E-state index contributed by atoms with van der Waals surface area (Å²) in [7, 11) is -4.69. The Kier molecular flexibility index (Phi) is 8.25. The number of benzene rings is 2. The average molecular weight is 390 g/mol. The molecule has 2 aromatic rings. The summed E-state index contributed by atoms with van der Waals surface area (Å²) in [6, 6.07) is 18.8. The molecule has 5 heteroatoms. The van der Waals surface area contributed by atoms with Crippen LogP contribution in [0.4, 0.5) is 0 Å². The molecular weight excluding hydrogens is 359 g/mol. The van der Waals surface area contributed by atoms with Crippen molar-refractivity contribution in [3.63, 3.8) is 0 Å². The summed E-state index contributed by atoms with van der Waals surface area (Å²) in [6.45, 7) is 4.45. The van der Waals surface area contributed by atoms with Gasteiger partial charge in [-0.25, -0.2) is 4.57 Å². The molecule has 0 bridgehead atoms. The highest BCUT2D eigenvalue weighted by atomic mass is 31.2. The standard InChI is InChI=1S/C22H31O4P/c1-19(2)13-7-3-4-12-18-22(26-27(23,24)25,20-14-8-5-9-15-20)21-16-10-6-11-17-21/h5-6,8-11,14-17,19H,3-4,7,12-13,18H2,1-2H3,(H2,23,24,25). The molecule has 0 aliphatic carbocycles. The first-order valence-electron chi connectivity index (χ1n) is 9.71. The van der Waals surface area contributed by atoms with Crippen LogP contribution >= 0.6 is 7.82 Å². The van der Waals surface area contributed by atoms with Gasteiger partial charge in [-0.2, -0.15) is 0 Å². The Morgan fingerprint density at radius 1 is 0.852 bits per heavy atom. The van der Waals surface area contributed by atoms with Crippen molar-refractivity contribution < 1.29 is 18.9 Å². The van der Waals surface area contributed by atoms with E-state index in [0.717, 1.165) is 30.4 Å². The molecule has 0 aliphatic heterocycles. The Hall–Kier alpha value is -1.45. The normalized spacial score (nSPS) is 12.5. The van der Waals surface area contributed by atoms with Crippen LogP contribution < -0.4 is 0 Å². The molecule has 4 nitrogen and oxygen atoms in total. The summed E-state index contributed by atoms with van der Waals surface area (Å²) < 4.78 is 17.4. The Labute approximate surface area is 162 Å². The Bertz CT molecular complexity index is 670. The topological polar surface area (TPSA) is 66.8 Å². The van der Waals surface area contributed by atoms with Gasteiger partial charge in [0.25, 0.3) is 0 Å². The number of hydrogen-bond donors (Lipinski definition) is 2. The van der Waals surface area contributed by atoms with Crippen molar-refractivity contribution in [1.82, 2.24) is 0 Å². The minimum absolute atomic E-state index is 0.522. The molecule has 2 rings (SSSR count). The zero-order chi connectivity index (χ0) is 19.8. The lowest BCUT2D eigenvalue weighted by atomic mass is 9.82. The zero-order valence-corrected chi connectivity index (χ0v) is 17.1. The molecule has 0 aliphatic rings. The van der Waals surface area contributed by atoms with E-state index in [1.54, 1.807) is 0 Å². The van der Waals surface area contributed by atoms with E-state index < -0.39 is 13.4 Å². The maximum atomic E-state index is 11.9. The first-order chi connectivity index (χ1) is 12.8. The maximum absolute atomic E-state index is 11.9. The van der Waals surface area contributed by atoms with Gasteiger partial charge in [0.05, 0.1) is 0 Å². The summed E-state index contributed by atoms with van der Waals surface area (Å²) in [4.78, 5) is 19.3. The highest BCUT2D eigenvalue weighted by molar-refractivity contribution is 7.46. The number of rotatable bonds is 11. The van der Waals surface area contributed by atoms with Crippen molar-refractivity contribution in [2.24, 2.45) is 5.92 Å². The molecule has 0 fully saturated rings. The second-order valence-electron chi connectivity index (χ2n) is 7.49. The van der Waals surface area contributed by atoms with Crippen molar-refractivity contribution in [3.05, 3.63) is 71.8 Å². The van der Waals surface area contributed by atoms with Gasteiger partial charge in [-0.3, -0.25) is 4.52 Å². The molecule has 2 aromatic carbocycles. The van der Waals surface area contributed by atoms with Crippen molar-refractivity contribution in [3.8, 4) is 0 Å². The average Bonchev–Trinajstić information content (AvgIpc) is 2.64. The number of phosphoric ester groups is 1. The van der Waals surface area contributed by atoms with E-state index in [4.69, 9.17) is 4.52 Å². The van der Waals surface area contributed by atoms with Crippen LogP contribution in [0.3, 0.4) is 0 Å². The van der Waals surface area contributed by atoms with Gasteiger partial charge in [0.1, 0.15) is 5.60 Å². The van der Waals surface area contributed by atoms with Crippen LogP contribution in [0.2, 0.25) is 0 Å². The van der Waals surface area contributed by atoms with Crippen LogP contribution in [0.15, 0.2) is 60.7 Å². The quantitative estimate of drug-likeness (QED) is 0.363. The number of hydrogen-bond acceptors (Lipinski definition) is 2. The van der Waals surface area contributed by atoms with E-state index in [1.807, 2.05) is 60.7 Å². The van der Waals surface area contributed by atoms with Gasteiger partial charge in [0, 0.05) is 0 Å². The molecule has 0 aromatic heterocycles. The minimum atomic E-state index is -4.69. The Morgan fingerprint density at radius 3 is 1.78 bits per heavy atom. The van der Waals surface area contributed by atoms with E-state index in [0.29, 0.717) is 12.3 Å². The highest BCUT2D eigenvalue weighted by Gasteiger charge is 2.40. The summed E-state index contributed by atoms with van der Waals surface area (Å²) in [5.74, 6) is 0.704. The van der Waals surface area contributed by atoms with Crippen LogP contribution in [0.25, 0.3) is 0 Å². The molecule has 0 atom stereocenters. The Balaban J connectivity index is 2.27. The molecule has 148 valence electrons. The van der Waals surface area contributed by atoms with Crippen LogP contribution in [-0.2, 0) is 14.7 Å². The van der Waals surface area contributed by atoms with E-state index in [2.05, 4.69) is 13.8 Å². The van der Waals surface area contributed by atoms with Gasteiger partial charge in [0.15, 0.2) is 0 Å². The Morgan fingerprint density at radius 2 is 1.33 bits per heavy atom. The molecule has 0 saturated carbocycles.